The summed E-state index contributed by atoms with van der Waals surface area (Å²) in [6.07, 6.45) is 4.70. The molecule has 0 aliphatic carbocycles. The highest BCUT2D eigenvalue weighted by atomic mass is 35.5. The van der Waals surface area contributed by atoms with E-state index in [9.17, 15) is 13.2 Å². The summed E-state index contributed by atoms with van der Waals surface area (Å²) in [6, 6.07) is 4.80. The molecule has 4 rings (SSSR count). The quantitative estimate of drug-likeness (QED) is 0.449. The number of aromatic amines is 1. The van der Waals surface area contributed by atoms with Crippen LogP contribution in [-0.2, 0) is 23.5 Å². The number of rotatable bonds is 9. The van der Waals surface area contributed by atoms with Crippen molar-refractivity contribution in [2.45, 2.75) is 44.9 Å². The van der Waals surface area contributed by atoms with Gasteiger partial charge < -0.3 is 19.2 Å². The molecule has 36 heavy (non-hydrogen) atoms. The zero-order valence-corrected chi connectivity index (χ0v) is 23.0. The first kappa shape index (κ1) is 28.2. The molecule has 1 aliphatic heterocycles. The van der Waals surface area contributed by atoms with E-state index >= 15 is 0 Å². The second kappa shape index (κ2) is 11.8. The summed E-state index contributed by atoms with van der Waals surface area (Å²) in [4.78, 5) is 23.1. The molecule has 1 saturated heterocycles. The minimum Gasteiger partial charge on any atom is -0.493 e. The average Bonchev–Trinajstić information content (AvgIpc) is 3.15. The summed E-state index contributed by atoms with van der Waals surface area (Å²) in [5, 5.41) is 0. The number of ether oxygens (including phenoxy) is 1. The van der Waals surface area contributed by atoms with E-state index in [2.05, 4.69) is 23.7 Å². The number of piperazine rings is 1. The fourth-order valence-corrected chi connectivity index (χ4v) is 6.20. The summed E-state index contributed by atoms with van der Waals surface area (Å²) in [5.41, 5.74) is 2.32. The Bertz CT molecular complexity index is 1360. The van der Waals surface area contributed by atoms with Gasteiger partial charge in [-0.25, -0.2) is 13.4 Å². The third kappa shape index (κ3) is 5.46. The highest BCUT2D eigenvalue weighted by molar-refractivity contribution is 7.89. The van der Waals surface area contributed by atoms with Crippen LogP contribution in [0.25, 0.3) is 22.4 Å². The van der Waals surface area contributed by atoms with Gasteiger partial charge in [-0.05, 0) is 50.1 Å². The maximum atomic E-state index is 13.5. The first-order valence-electron chi connectivity index (χ1n) is 12.4. The summed E-state index contributed by atoms with van der Waals surface area (Å²) < 4.78 is 36.1. The first-order chi connectivity index (χ1) is 16.8. The summed E-state index contributed by atoms with van der Waals surface area (Å²) in [7, 11) is -1.87. The fraction of sp³-hybridized carbons (Fsp3) is 0.520. The molecule has 0 saturated carbocycles. The van der Waals surface area contributed by atoms with Gasteiger partial charge in [0.25, 0.3) is 5.56 Å². The Balaban J connectivity index is 0.00000361. The number of hydrogen-bond acceptors (Lipinski definition) is 6. The molecule has 198 valence electrons. The number of H-pyrrole nitrogens is 1. The Morgan fingerprint density at radius 3 is 2.44 bits per heavy atom. The van der Waals surface area contributed by atoms with Gasteiger partial charge in [0.15, 0.2) is 0 Å². The molecular formula is C25H36ClN5O4S. The van der Waals surface area contributed by atoms with Gasteiger partial charge >= 0.3 is 0 Å². The largest absolute Gasteiger partial charge is 0.493 e. The number of fused-ring (bicyclic) bond motifs is 1. The Morgan fingerprint density at radius 1 is 1.08 bits per heavy atom. The van der Waals surface area contributed by atoms with E-state index in [1.165, 1.54) is 4.31 Å². The number of halogens is 1. The zero-order valence-electron chi connectivity index (χ0n) is 21.4. The number of benzene rings is 1. The number of nitrogens with zero attached hydrogens (tertiary/aromatic N) is 4. The zero-order chi connectivity index (χ0) is 25.2. The van der Waals surface area contributed by atoms with Crippen LogP contribution in [0, 0.1) is 0 Å². The van der Waals surface area contributed by atoms with Gasteiger partial charge in [0.1, 0.15) is 17.1 Å². The van der Waals surface area contributed by atoms with Gasteiger partial charge in [0.05, 0.1) is 22.6 Å². The van der Waals surface area contributed by atoms with Crippen molar-refractivity contribution in [3.63, 3.8) is 0 Å². The van der Waals surface area contributed by atoms with Crippen LogP contribution in [0.15, 0.2) is 34.1 Å². The number of nitrogens with one attached hydrogen (secondary N) is 1. The highest BCUT2D eigenvalue weighted by Gasteiger charge is 2.29. The lowest BCUT2D eigenvalue weighted by Crippen LogP contribution is -2.48. The molecule has 0 spiro atoms. The Labute approximate surface area is 218 Å². The first-order valence-corrected chi connectivity index (χ1v) is 13.8. The monoisotopic (exact) mass is 537 g/mol. The lowest BCUT2D eigenvalue weighted by Gasteiger charge is -2.33. The molecule has 1 aliphatic rings. The van der Waals surface area contributed by atoms with Crippen molar-refractivity contribution >= 4 is 33.5 Å². The van der Waals surface area contributed by atoms with Crippen LogP contribution in [0.3, 0.4) is 0 Å². The SMILES string of the molecule is CCCc1cn(C)c2c(=O)[nH]c(-c3cc(S(=O)(=O)N4CCN(CCC)CC4)ccc3OCC)nc12.Cl. The van der Waals surface area contributed by atoms with E-state index in [1.807, 2.05) is 20.2 Å². The van der Waals surface area contributed by atoms with Crippen molar-refractivity contribution in [1.29, 1.82) is 0 Å². The van der Waals surface area contributed by atoms with E-state index in [1.54, 1.807) is 22.8 Å². The lowest BCUT2D eigenvalue weighted by atomic mass is 10.1. The molecule has 1 aromatic carbocycles. The van der Waals surface area contributed by atoms with Crippen molar-refractivity contribution in [1.82, 2.24) is 23.7 Å². The fourth-order valence-electron chi connectivity index (χ4n) is 4.75. The minimum atomic E-state index is -3.70. The van der Waals surface area contributed by atoms with Gasteiger partial charge in [-0.2, -0.15) is 4.31 Å². The Hall–Kier alpha value is -2.40. The maximum absolute atomic E-state index is 13.5. The third-order valence-electron chi connectivity index (χ3n) is 6.44. The highest BCUT2D eigenvalue weighted by Crippen LogP contribution is 2.32. The molecule has 0 radical (unpaired) electrons. The van der Waals surface area contributed by atoms with Crippen LogP contribution >= 0.6 is 12.4 Å². The maximum Gasteiger partial charge on any atom is 0.275 e. The molecule has 3 heterocycles. The predicted octanol–water partition coefficient (Wildman–Crippen LogP) is 3.42. The molecule has 0 amide bonds. The molecule has 3 aromatic rings. The van der Waals surface area contributed by atoms with E-state index in [0.29, 0.717) is 47.9 Å². The van der Waals surface area contributed by atoms with Crippen molar-refractivity contribution in [2.24, 2.45) is 7.05 Å². The van der Waals surface area contributed by atoms with Gasteiger partial charge in [0.2, 0.25) is 10.0 Å². The van der Waals surface area contributed by atoms with E-state index < -0.39 is 10.0 Å². The van der Waals surface area contributed by atoms with Crippen LogP contribution < -0.4 is 10.3 Å². The normalized spacial score (nSPS) is 15.2. The van der Waals surface area contributed by atoms with Crippen LogP contribution in [-0.4, -0.2) is 71.5 Å². The average molecular weight is 538 g/mol. The molecule has 1 N–H and O–H groups in total. The second-order valence-electron chi connectivity index (χ2n) is 8.96. The summed E-state index contributed by atoms with van der Waals surface area (Å²) in [5.74, 6) is 0.786. The number of hydrogen-bond donors (Lipinski definition) is 1. The van der Waals surface area contributed by atoms with Crippen LogP contribution in [0.2, 0.25) is 0 Å². The summed E-state index contributed by atoms with van der Waals surface area (Å²) >= 11 is 0. The van der Waals surface area contributed by atoms with Gasteiger partial charge in [-0.1, -0.05) is 20.3 Å². The van der Waals surface area contributed by atoms with Gasteiger partial charge in [-0.3, -0.25) is 4.79 Å². The molecule has 0 bridgehead atoms. The van der Waals surface area contributed by atoms with Gasteiger partial charge in [0, 0.05) is 39.4 Å². The topological polar surface area (TPSA) is 101 Å². The van der Waals surface area contributed by atoms with Crippen LogP contribution in [0.4, 0.5) is 0 Å². The van der Waals surface area contributed by atoms with E-state index in [4.69, 9.17) is 9.72 Å². The number of aryl methyl sites for hydroxylation is 2. The standard InChI is InChI=1S/C25H35N5O4S.ClH/c1-5-8-18-17-28(4)23-22(18)26-24(27-25(23)31)20-16-19(9-10-21(20)34-7-3)35(32,33)30-14-12-29(11-6-2)13-15-30;/h9-10,16-17H,5-8,11-15H2,1-4H3,(H,26,27,31);1H. The van der Waals surface area contributed by atoms with Crippen molar-refractivity contribution in [3.8, 4) is 17.1 Å². The molecule has 2 aromatic heterocycles. The predicted molar refractivity (Wildman–Crippen MR) is 145 cm³/mol. The Kier molecular flexibility index (Phi) is 9.21. The molecule has 0 unspecified atom stereocenters. The van der Waals surface area contributed by atoms with Crippen molar-refractivity contribution < 1.29 is 13.2 Å². The minimum absolute atomic E-state index is 0. The third-order valence-corrected chi connectivity index (χ3v) is 8.33. The smallest absolute Gasteiger partial charge is 0.275 e. The second-order valence-corrected chi connectivity index (χ2v) is 10.9. The molecular weight excluding hydrogens is 502 g/mol. The van der Waals surface area contributed by atoms with Crippen LogP contribution in [0.5, 0.6) is 5.75 Å². The Morgan fingerprint density at radius 2 is 1.81 bits per heavy atom. The number of sulfonamides is 1. The van der Waals surface area contributed by atoms with E-state index in [0.717, 1.165) is 44.5 Å². The lowest BCUT2D eigenvalue weighted by molar-refractivity contribution is 0.188. The van der Waals surface area contributed by atoms with Crippen molar-refractivity contribution in [2.75, 3.05) is 39.3 Å². The molecule has 9 nitrogen and oxygen atoms in total. The van der Waals surface area contributed by atoms with E-state index in [-0.39, 0.29) is 22.9 Å². The molecule has 1 fully saturated rings. The van der Waals surface area contributed by atoms with Gasteiger partial charge in [-0.15, -0.1) is 12.4 Å². The summed E-state index contributed by atoms with van der Waals surface area (Å²) in [6.45, 7) is 9.79. The molecule has 0 atom stereocenters. The number of aromatic nitrogens is 3. The molecule has 11 heteroatoms. The van der Waals surface area contributed by atoms with Crippen molar-refractivity contribution in [3.05, 3.63) is 40.3 Å². The van der Waals surface area contributed by atoms with Crippen LogP contribution in [0.1, 0.15) is 39.2 Å².